The molecule has 1 heterocycles. The normalized spacial score (nSPS) is 18.9. The van der Waals surface area contributed by atoms with E-state index < -0.39 is 0 Å². The van der Waals surface area contributed by atoms with Crippen molar-refractivity contribution in [1.82, 2.24) is 4.90 Å². The average molecular weight is 279 g/mol. The number of hydrogen-bond donors (Lipinski definition) is 2. The number of phenolic OH excluding ortho intramolecular Hbond substituents is 1. The van der Waals surface area contributed by atoms with Gasteiger partial charge >= 0.3 is 0 Å². The number of rotatable bonds is 5. The minimum atomic E-state index is 0.110. The smallest absolute Gasteiger partial charge is 0.123 e. The zero-order chi connectivity index (χ0) is 14.6. The maximum absolute atomic E-state index is 10.0. The molecule has 20 heavy (non-hydrogen) atoms. The minimum Gasteiger partial charge on any atom is -0.507 e. The molecule has 4 nitrogen and oxygen atoms in total. The number of likely N-dealkylation sites (tertiary alicyclic amines) is 1. The van der Waals surface area contributed by atoms with E-state index in [4.69, 9.17) is 4.74 Å². The number of benzene rings is 1. The zero-order valence-corrected chi connectivity index (χ0v) is 12.4. The van der Waals surface area contributed by atoms with Crippen LogP contribution in [0.15, 0.2) is 18.2 Å². The highest BCUT2D eigenvalue weighted by Crippen LogP contribution is 2.35. The molecule has 1 aromatic carbocycles. The summed E-state index contributed by atoms with van der Waals surface area (Å²) < 4.78 is 5.09. The monoisotopic (exact) mass is 279 g/mol. The predicted octanol–water partition coefficient (Wildman–Crippen LogP) is 2.39. The molecule has 2 rings (SSSR count). The number of ether oxygens (including phenoxy) is 1. The number of hydrogen-bond acceptors (Lipinski definition) is 4. The molecule has 2 N–H and O–H groups in total. The third kappa shape index (κ3) is 3.25. The first-order chi connectivity index (χ1) is 9.62. The Morgan fingerprint density at radius 1 is 1.30 bits per heavy atom. The second-order valence-electron chi connectivity index (χ2n) is 5.78. The highest BCUT2D eigenvalue weighted by Gasteiger charge is 2.32. The molecule has 1 aromatic rings. The number of aromatic hydroxyl groups is 1. The van der Waals surface area contributed by atoms with Gasteiger partial charge in [0.25, 0.3) is 0 Å². The van der Waals surface area contributed by atoms with E-state index in [1.807, 2.05) is 12.1 Å². The van der Waals surface area contributed by atoms with E-state index in [0.717, 1.165) is 44.5 Å². The van der Waals surface area contributed by atoms with Gasteiger partial charge in [-0.2, -0.15) is 0 Å². The molecule has 0 saturated carbocycles. The van der Waals surface area contributed by atoms with Crippen molar-refractivity contribution in [3.05, 3.63) is 23.8 Å². The molecule has 0 aliphatic carbocycles. The molecule has 4 heteroatoms. The quantitative estimate of drug-likeness (QED) is 0.869. The SMILES string of the molecule is CCC1(CO)CCN(Cc2ccc(OC)cc2O)CC1. The second-order valence-corrected chi connectivity index (χ2v) is 5.78. The van der Waals surface area contributed by atoms with Crippen LogP contribution >= 0.6 is 0 Å². The predicted molar refractivity (Wildman–Crippen MR) is 79.0 cm³/mol. The summed E-state index contributed by atoms with van der Waals surface area (Å²) in [6.07, 6.45) is 3.08. The van der Waals surface area contributed by atoms with Crippen LogP contribution in [0.2, 0.25) is 0 Å². The van der Waals surface area contributed by atoms with Crippen molar-refractivity contribution < 1.29 is 14.9 Å². The lowest BCUT2D eigenvalue weighted by molar-refractivity contribution is 0.0380. The molecule has 1 saturated heterocycles. The number of phenols is 1. The molecule has 1 fully saturated rings. The lowest BCUT2D eigenvalue weighted by atomic mass is 9.77. The van der Waals surface area contributed by atoms with Gasteiger partial charge < -0.3 is 14.9 Å². The fraction of sp³-hybridized carbons (Fsp3) is 0.625. The van der Waals surface area contributed by atoms with Gasteiger partial charge in [-0.3, -0.25) is 4.90 Å². The fourth-order valence-corrected chi connectivity index (χ4v) is 2.85. The first-order valence-electron chi connectivity index (χ1n) is 7.31. The Morgan fingerprint density at radius 3 is 2.50 bits per heavy atom. The van der Waals surface area contributed by atoms with Gasteiger partial charge in [-0.1, -0.05) is 13.0 Å². The summed E-state index contributed by atoms with van der Waals surface area (Å²) in [5.41, 5.74) is 1.04. The van der Waals surface area contributed by atoms with E-state index in [-0.39, 0.29) is 12.0 Å². The maximum Gasteiger partial charge on any atom is 0.123 e. The van der Waals surface area contributed by atoms with Crippen molar-refractivity contribution >= 4 is 0 Å². The molecule has 1 aliphatic heterocycles. The summed E-state index contributed by atoms with van der Waals surface area (Å²) in [6, 6.07) is 5.45. The van der Waals surface area contributed by atoms with Gasteiger partial charge in [0, 0.05) is 24.8 Å². The van der Waals surface area contributed by atoms with Crippen LogP contribution in [-0.4, -0.2) is 41.9 Å². The zero-order valence-electron chi connectivity index (χ0n) is 12.4. The van der Waals surface area contributed by atoms with Crippen molar-refractivity contribution in [2.24, 2.45) is 5.41 Å². The van der Waals surface area contributed by atoms with Crippen molar-refractivity contribution in [2.75, 3.05) is 26.8 Å². The summed E-state index contributed by atoms with van der Waals surface area (Å²) in [7, 11) is 1.60. The van der Waals surface area contributed by atoms with Gasteiger partial charge in [-0.25, -0.2) is 0 Å². The molecule has 0 bridgehead atoms. The van der Waals surface area contributed by atoms with Crippen molar-refractivity contribution in [3.8, 4) is 11.5 Å². The first kappa shape index (κ1) is 15.1. The topological polar surface area (TPSA) is 52.9 Å². The van der Waals surface area contributed by atoms with Gasteiger partial charge in [0.2, 0.25) is 0 Å². The third-order valence-corrected chi connectivity index (χ3v) is 4.69. The van der Waals surface area contributed by atoms with Gasteiger partial charge in [0.15, 0.2) is 0 Å². The van der Waals surface area contributed by atoms with E-state index in [2.05, 4.69) is 11.8 Å². The lowest BCUT2D eigenvalue weighted by Gasteiger charge is -2.40. The number of nitrogens with zero attached hydrogens (tertiary/aromatic N) is 1. The summed E-state index contributed by atoms with van der Waals surface area (Å²) in [5.74, 6) is 0.967. The van der Waals surface area contributed by atoms with E-state index in [1.54, 1.807) is 13.2 Å². The van der Waals surface area contributed by atoms with Crippen LogP contribution in [0.3, 0.4) is 0 Å². The number of aliphatic hydroxyl groups is 1. The lowest BCUT2D eigenvalue weighted by Crippen LogP contribution is -2.41. The summed E-state index contributed by atoms with van der Waals surface area (Å²) in [5, 5.41) is 19.5. The molecule has 112 valence electrons. The molecule has 0 unspecified atom stereocenters. The Balaban J connectivity index is 1.96. The van der Waals surface area contributed by atoms with Crippen LogP contribution < -0.4 is 4.74 Å². The van der Waals surface area contributed by atoms with Gasteiger partial charge in [0.1, 0.15) is 11.5 Å². The molecular formula is C16H25NO3. The van der Waals surface area contributed by atoms with Gasteiger partial charge in [-0.05, 0) is 43.8 Å². The van der Waals surface area contributed by atoms with Crippen LogP contribution in [0, 0.1) is 5.41 Å². The van der Waals surface area contributed by atoms with Crippen molar-refractivity contribution in [1.29, 1.82) is 0 Å². The Labute approximate surface area is 121 Å². The highest BCUT2D eigenvalue weighted by molar-refractivity contribution is 5.39. The molecule has 0 atom stereocenters. The highest BCUT2D eigenvalue weighted by atomic mass is 16.5. The van der Waals surface area contributed by atoms with Gasteiger partial charge in [0.05, 0.1) is 7.11 Å². The number of methoxy groups -OCH3 is 1. The first-order valence-corrected chi connectivity index (χ1v) is 7.31. The minimum absolute atomic E-state index is 0.110. The van der Waals surface area contributed by atoms with Gasteiger partial charge in [-0.15, -0.1) is 0 Å². The van der Waals surface area contributed by atoms with Crippen LogP contribution in [0.5, 0.6) is 11.5 Å². The molecule has 0 aromatic heterocycles. The van der Waals surface area contributed by atoms with Crippen molar-refractivity contribution in [2.45, 2.75) is 32.7 Å². The molecular weight excluding hydrogens is 254 g/mol. The summed E-state index contributed by atoms with van der Waals surface area (Å²) in [6.45, 7) is 5.13. The van der Waals surface area contributed by atoms with E-state index in [0.29, 0.717) is 11.5 Å². The van der Waals surface area contributed by atoms with Crippen LogP contribution in [0.25, 0.3) is 0 Å². The average Bonchev–Trinajstić information content (AvgIpc) is 2.50. The molecule has 0 spiro atoms. The fourth-order valence-electron chi connectivity index (χ4n) is 2.85. The van der Waals surface area contributed by atoms with Crippen LogP contribution in [0.1, 0.15) is 31.7 Å². The van der Waals surface area contributed by atoms with E-state index in [9.17, 15) is 10.2 Å². The second kappa shape index (κ2) is 6.46. The largest absolute Gasteiger partial charge is 0.507 e. The standard InChI is InChI=1S/C16H25NO3/c1-3-16(12-18)6-8-17(9-7-16)11-13-4-5-14(20-2)10-15(13)19/h4-5,10,18-19H,3,6-9,11-12H2,1-2H3. The summed E-state index contributed by atoms with van der Waals surface area (Å²) >= 11 is 0. The Morgan fingerprint density at radius 2 is 2.00 bits per heavy atom. The van der Waals surface area contributed by atoms with E-state index in [1.165, 1.54) is 0 Å². The molecule has 0 radical (unpaired) electrons. The number of piperidine rings is 1. The Kier molecular flexibility index (Phi) is 4.89. The maximum atomic E-state index is 10.0. The number of aliphatic hydroxyl groups excluding tert-OH is 1. The summed E-state index contributed by atoms with van der Waals surface area (Å²) in [4.78, 5) is 2.34. The van der Waals surface area contributed by atoms with Crippen LogP contribution in [-0.2, 0) is 6.54 Å². The van der Waals surface area contributed by atoms with Crippen LogP contribution in [0.4, 0.5) is 0 Å². The Bertz CT molecular complexity index is 433. The Hall–Kier alpha value is -1.26. The van der Waals surface area contributed by atoms with Crippen molar-refractivity contribution in [3.63, 3.8) is 0 Å². The van der Waals surface area contributed by atoms with E-state index >= 15 is 0 Å². The molecule has 0 amide bonds. The molecule has 1 aliphatic rings. The third-order valence-electron chi connectivity index (χ3n) is 4.69.